The molecule has 0 spiro atoms. The Labute approximate surface area is 269 Å². The number of aliphatic hydroxyl groups excluding tert-OH is 1. The van der Waals surface area contributed by atoms with Crippen LogP contribution >= 0.6 is 11.6 Å². The van der Waals surface area contributed by atoms with E-state index in [1.54, 1.807) is 24.5 Å². The van der Waals surface area contributed by atoms with Crippen LogP contribution in [0.15, 0.2) is 78.0 Å². The minimum atomic E-state index is -4.33. The van der Waals surface area contributed by atoms with Gasteiger partial charge in [0.25, 0.3) is 10.0 Å². The fourth-order valence-corrected chi connectivity index (χ4v) is 7.88. The molecular weight excluding hydrogens is 634 g/mol. The number of benzene rings is 3. The number of aromatic nitrogens is 3. The highest BCUT2D eigenvalue weighted by atomic mass is 35.5. The highest BCUT2D eigenvalue weighted by molar-refractivity contribution is 7.92. The van der Waals surface area contributed by atoms with Gasteiger partial charge in [0.2, 0.25) is 5.95 Å². The molecule has 13 heteroatoms. The summed E-state index contributed by atoms with van der Waals surface area (Å²) in [5.41, 5.74) is 0.814. The lowest BCUT2D eigenvalue weighted by Gasteiger charge is -2.33. The standard InChI is InChI=1S/C33H29ClF2N6O3S/c34-21-16-24-23(5-9-28(24)43)29(17-21)46(44,45)41-27-8-6-25(35)31(32(27)36)19-4-7-26-20(15-19)18-38-33(40-26)39-22-10-13-42(14-11-22)30-3-1-2-12-37-30/h1-4,6-8,12,15-18,22,28,41,43H,5,9-11,13-14H2,(H,38,39,40). The lowest BCUT2D eigenvalue weighted by molar-refractivity contribution is 0.180. The summed E-state index contributed by atoms with van der Waals surface area (Å²) in [7, 11) is -4.33. The molecule has 0 bridgehead atoms. The molecular formula is C33H29ClF2N6O3S. The van der Waals surface area contributed by atoms with E-state index in [1.807, 2.05) is 18.2 Å². The molecule has 0 saturated carbocycles. The number of fused-ring (bicyclic) bond motifs is 2. The first-order valence-corrected chi connectivity index (χ1v) is 16.7. The van der Waals surface area contributed by atoms with Crippen LogP contribution in [0.25, 0.3) is 22.0 Å². The molecule has 1 aliphatic heterocycles. The molecule has 1 fully saturated rings. The van der Waals surface area contributed by atoms with Crippen LogP contribution in [0.3, 0.4) is 0 Å². The number of rotatable bonds is 7. The Hall–Kier alpha value is -4.39. The van der Waals surface area contributed by atoms with Gasteiger partial charge in [-0.2, -0.15) is 0 Å². The quantitative estimate of drug-likeness (QED) is 0.181. The van der Waals surface area contributed by atoms with Gasteiger partial charge in [-0.15, -0.1) is 0 Å². The van der Waals surface area contributed by atoms with Crippen LogP contribution in [0.1, 0.15) is 36.5 Å². The van der Waals surface area contributed by atoms with Crippen molar-refractivity contribution in [2.75, 3.05) is 28.0 Å². The van der Waals surface area contributed by atoms with Crippen LogP contribution in [-0.2, 0) is 16.4 Å². The van der Waals surface area contributed by atoms with E-state index >= 15 is 8.78 Å². The third-order valence-electron chi connectivity index (χ3n) is 8.53. The van der Waals surface area contributed by atoms with Crippen LogP contribution in [-0.4, -0.2) is 47.6 Å². The number of aliphatic hydroxyl groups is 1. The summed E-state index contributed by atoms with van der Waals surface area (Å²) >= 11 is 6.15. The first kappa shape index (κ1) is 30.3. The van der Waals surface area contributed by atoms with E-state index in [9.17, 15) is 13.5 Å². The second-order valence-corrected chi connectivity index (χ2v) is 13.6. The van der Waals surface area contributed by atoms with Crippen molar-refractivity contribution in [3.63, 3.8) is 0 Å². The van der Waals surface area contributed by atoms with Crippen molar-refractivity contribution in [3.8, 4) is 11.1 Å². The third-order valence-corrected chi connectivity index (χ3v) is 10.2. The molecule has 0 radical (unpaired) electrons. The minimum Gasteiger partial charge on any atom is -0.388 e. The normalized spacial score (nSPS) is 16.9. The molecule has 5 aromatic rings. The molecule has 0 amide bonds. The fourth-order valence-electron chi connectivity index (χ4n) is 6.20. The van der Waals surface area contributed by atoms with Gasteiger partial charge in [0.05, 0.1) is 27.8 Å². The molecule has 1 atom stereocenters. The van der Waals surface area contributed by atoms with Crippen molar-refractivity contribution in [2.24, 2.45) is 0 Å². The van der Waals surface area contributed by atoms with Gasteiger partial charge in [-0.25, -0.2) is 32.2 Å². The van der Waals surface area contributed by atoms with Gasteiger partial charge in [-0.05, 0) is 90.9 Å². The zero-order valence-electron chi connectivity index (χ0n) is 24.4. The van der Waals surface area contributed by atoms with E-state index in [-0.39, 0.29) is 21.5 Å². The Morgan fingerprint density at radius 3 is 2.59 bits per heavy atom. The van der Waals surface area contributed by atoms with Crippen LogP contribution in [0.5, 0.6) is 0 Å². The van der Waals surface area contributed by atoms with Gasteiger partial charge in [-0.3, -0.25) is 4.72 Å². The van der Waals surface area contributed by atoms with Gasteiger partial charge < -0.3 is 15.3 Å². The Morgan fingerprint density at radius 2 is 1.80 bits per heavy atom. The zero-order chi connectivity index (χ0) is 32.0. The molecule has 236 valence electrons. The van der Waals surface area contributed by atoms with E-state index in [0.29, 0.717) is 40.8 Å². The highest BCUT2D eigenvalue weighted by Crippen LogP contribution is 2.39. The van der Waals surface area contributed by atoms with Gasteiger partial charge in [0.1, 0.15) is 11.6 Å². The minimum absolute atomic E-state index is 0.128. The number of halogens is 3. The average Bonchev–Trinajstić information content (AvgIpc) is 3.42. The number of hydrogen-bond donors (Lipinski definition) is 3. The predicted molar refractivity (Wildman–Crippen MR) is 174 cm³/mol. The summed E-state index contributed by atoms with van der Waals surface area (Å²) in [5, 5.41) is 14.3. The number of hydrogen-bond acceptors (Lipinski definition) is 8. The first-order valence-electron chi connectivity index (χ1n) is 14.9. The SMILES string of the molecule is O=S(=O)(Nc1ccc(F)c(-c2ccc3nc(NC4CCN(c5ccccn5)CC4)ncc3c2)c1F)c1cc(Cl)cc2c1CCC2O. The molecule has 2 aromatic heterocycles. The molecule has 7 rings (SSSR count). The van der Waals surface area contributed by atoms with Crippen molar-refractivity contribution in [2.45, 2.75) is 42.7 Å². The number of nitrogens with one attached hydrogen (secondary N) is 2. The van der Waals surface area contributed by atoms with E-state index in [2.05, 4.69) is 29.9 Å². The number of piperidine rings is 1. The van der Waals surface area contributed by atoms with E-state index in [0.717, 1.165) is 43.9 Å². The number of nitrogens with zero attached hydrogens (tertiary/aromatic N) is 4. The zero-order valence-corrected chi connectivity index (χ0v) is 26.0. The van der Waals surface area contributed by atoms with Gasteiger partial charge in [0.15, 0.2) is 5.82 Å². The van der Waals surface area contributed by atoms with Crippen molar-refractivity contribution in [3.05, 3.63) is 101 Å². The molecule has 3 N–H and O–H groups in total. The van der Waals surface area contributed by atoms with E-state index in [4.69, 9.17) is 11.6 Å². The predicted octanol–water partition coefficient (Wildman–Crippen LogP) is 6.48. The molecule has 3 heterocycles. The van der Waals surface area contributed by atoms with Gasteiger partial charge in [-0.1, -0.05) is 23.7 Å². The summed E-state index contributed by atoms with van der Waals surface area (Å²) in [4.78, 5) is 15.6. The topological polar surface area (TPSA) is 120 Å². The average molecular weight is 663 g/mol. The maximum atomic E-state index is 15.9. The lowest BCUT2D eigenvalue weighted by Crippen LogP contribution is -2.39. The number of pyridine rings is 1. The van der Waals surface area contributed by atoms with Crippen LogP contribution in [0, 0.1) is 11.6 Å². The number of sulfonamides is 1. The molecule has 1 unspecified atom stereocenters. The summed E-state index contributed by atoms with van der Waals surface area (Å²) in [6, 6.07) is 15.6. The molecule has 3 aromatic carbocycles. The second kappa shape index (κ2) is 12.1. The van der Waals surface area contributed by atoms with Crippen molar-refractivity contribution in [1.29, 1.82) is 0 Å². The number of anilines is 3. The van der Waals surface area contributed by atoms with Crippen LogP contribution in [0.2, 0.25) is 5.02 Å². The van der Waals surface area contributed by atoms with Crippen LogP contribution < -0.4 is 14.9 Å². The molecule has 46 heavy (non-hydrogen) atoms. The maximum Gasteiger partial charge on any atom is 0.262 e. The first-order chi connectivity index (χ1) is 22.2. The van der Waals surface area contributed by atoms with E-state index in [1.165, 1.54) is 18.2 Å². The summed E-state index contributed by atoms with van der Waals surface area (Å²) < 4.78 is 60.0. The van der Waals surface area contributed by atoms with Gasteiger partial charge >= 0.3 is 0 Å². The van der Waals surface area contributed by atoms with Crippen LogP contribution in [0.4, 0.5) is 26.2 Å². The maximum absolute atomic E-state index is 15.9. The lowest BCUT2D eigenvalue weighted by atomic mass is 10.0. The molecule has 1 saturated heterocycles. The summed E-state index contributed by atoms with van der Waals surface area (Å²) in [5.74, 6) is -0.509. The van der Waals surface area contributed by atoms with E-state index < -0.39 is 39.0 Å². The molecule has 1 aliphatic carbocycles. The Morgan fingerprint density at radius 1 is 0.978 bits per heavy atom. The summed E-state index contributed by atoms with van der Waals surface area (Å²) in [6.07, 6.45) is 4.99. The molecule has 9 nitrogen and oxygen atoms in total. The highest BCUT2D eigenvalue weighted by Gasteiger charge is 2.30. The summed E-state index contributed by atoms with van der Waals surface area (Å²) in [6.45, 7) is 1.70. The smallest absolute Gasteiger partial charge is 0.262 e. The Kier molecular flexibility index (Phi) is 7.95. The van der Waals surface area contributed by atoms with Crippen molar-refractivity contribution in [1.82, 2.24) is 15.0 Å². The second-order valence-electron chi connectivity index (χ2n) is 11.5. The van der Waals surface area contributed by atoms with Crippen molar-refractivity contribution < 1.29 is 22.3 Å². The monoisotopic (exact) mass is 662 g/mol. The molecule has 2 aliphatic rings. The largest absolute Gasteiger partial charge is 0.388 e. The Bertz CT molecular complexity index is 2060. The Balaban J connectivity index is 1.10. The van der Waals surface area contributed by atoms with Gasteiger partial charge in [0, 0.05) is 41.9 Å². The third kappa shape index (κ3) is 5.83. The van der Waals surface area contributed by atoms with Crippen molar-refractivity contribution >= 4 is 50.0 Å². The fraction of sp³-hybridized carbons (Fsp3) is 0.242.